The fourth-order valence-electron chi connectivity index (χ4n) is 2.20. The van der Waals surface area contributed by atoms with Crippen molar-refractivity contribution in [2.24, 2.45) is 0 Å². The molecule has 1 saturated heterocycles. The summed E-state index contributed by atoms with van der Waals surface area (Å²) < 4.78 is 0. The van der Waals surface area contributed by atoms with E-state index in [1.807, 2.05) is 0 Å². The lowest BCUT2D eigenvalue weighted by Gasteiger charge is -2.28. The van der Waals surface area contributed by atoms with Gasteiger partial charge in [-0.15, -0.1) is 0 Å². The first kappa shape index (κ1) is 11.0. The maximum absolute atomic E-state index is 3.52. The highest BCUT2D eigenvalue weighted by Crippen LogP contribution is 2.18. The minimum Gasteiger partial charge on any atom is -0.315 e. The molecule has 0 saturated carbocycles. The third-order valence-corrected chi connectivity index (χ3v) is 2.89. The van der Waals surface area contributed by atoms with E-state index in [0.717, 1.165) is 12.1 Å². The molecule has 0 bridgehead atoms. The quantitative estimate of drug-likeness (QED) is 0.656. The van der Waals surface area contributed by atoms with Crippen LogP contribution in [0.15, 0.2) is 0 Å². The van der Waals surface area contributed by atoms with Crippen molar-refractivity contribution in [2.75, 3.05) is 19.6 Å². The largest absolute Gasteiger partial charge is 0.315 e. The monoisotopic (exact) mass is 184 g/mol. The molecule has 0 aromatic rings. The van der Waals surface area contributed by atoms with Crippen LogP contribution in [0.25, 0.3) is 0 Å². The third-order valence-electron chi connectivity index (χ3n) is 2.89. The molecule has 1 rings (SSSR count). The van der Waals surface area contributed by atoms with Gasteiger partial charge in [0, 0.05) is 18.6 Å². The minimum absolute atomic E-state index is 0.718. The van der Waals surface area contributed by atoms with Crippen molar-refractivity contribution in [3.8, 4) is 0 Å². The Morgan fingerprint density at radius 2 is 2.23 bits per heavy atom. The van der Waals surface area contributed by atoms with Crippen LogP contribution in [0.1, 0.15) is 40.0 Å². The Balaban J connectivity index is 2.23. The number of likely N-dealkylation sites (tertiary alicyclic amines) is 1. The predicted octanol–water partition coefficient (Wildman–Crippen LogP) is 1.86. The molecule has 1 fully saturated rings. The normalized spacial score (nSPS) is 24.5. The Kier molecular flexibility index (Phi) is 4.74. The van der Waals surface area contributed by atoms with E-state index < -0.39 is 0 Å². The summed E-state index contributed by atoms with van der Waals surface area (Å²) in [6.07, 6.45) is 4.01. The molecule has 1 aliphatic rings. The maximum Gasteiger partial charge on any atom is 0.0223 e. The summed E-state index contributed by atoms with van der Waals surface area (Å²) in [5, 5.41) is 3.52. The highest BCUT2D eigenvalue weighted by molar-refractivity contribution is 4.82. The summed E-state index contributed by atoms with van der Waals surface area (Å²) in [6.45, 7) is 10.5. The van der Waals surface area contributed by atoms with E-state index in [1.54, 1.807) is 0 Å². The van der Waals surface area contributed by atoms with Crippen molar-refractivity contribution in [1.82, 2.24) is 10.2 Å². The molecule has 1 N–H and O–H groups in total. The Morgan fingerprint density at radius 3 is 2.85 bits per heavy atom. The Labute approximate surface area is 82.7 Å². The molecule has 0 aliphatic carbocycles. The lowest BCUT2D eigenvalue weighted by Crippen LogP contribution is -2.41. The van der Waals surface area contributed by atoms with E-state index in [4.69, 9.17) is 0 Å². The summed E-state index contributed by atoms with van der Waals surface area (Å²) in [5.41, 5.74) is 0. The molecule has 1 aliphatic heterocycles. The Hall–Kier alpha value is -0.0800. The van der Waals surface area contributed by atoms with Crippen molar-refractivity contribution in [2.45, 2.75) is 52.1 Å². The van der Waals surface area contributed by atoms with Gasteiger partial charge >= 0.3 is 0 Å². The minimum atomic E-state index is 0.718. The van der Waals surface area contributed by atoms with Crippen LogP contribution in [0.2, 0.25) is 0 Å². The lowest BCUT2D eigenvalue weighted by atomic mass is 10.2. The highest BCUT2D eigenvalue weighted by Gasteiger charge is 2.25. The van der Waals surface area contributed by atoms with Gasteiger partial charge in [0.2, 0.25) is 0 Å². The molecule has 0 unspecified atom stereocenters. The van der Waals surface area contributed by atoms with Gasteiger partial charge in [-0.3, -0.25) is 4.90 Å². The highest BCUT2D eigenvalue weighted by atomic mass is 15.2. The number of rotatable bonds is 5. The van der Waals surface area contributed by atoms with E-state index in [0.29, 0.717) is 0 Å². The molecule has 78 valence electrons. The van der Waals surface area contributed by atoms with Crippen LogP contribution in [-0.2, 0) is 0 Å². The number of nitrogens with one attached hydrogen (secondary N) is 1. The van der Waals surface area contributed by atoms with Crippen molar-refractivity contribution in [3.63, 3.8) is 0 Å². The van der Waals surface area contributed by atoms with Crippen LogP contribution in [0.3, 0.4) is 0 Å². The molecule has 0 radical (unpaired) electrons. The average Bonchev–Trinajstić information content (AvgIpc) is 2.53. The van der Waals surface area contributed by atoms with Gasteiger partial charge in [-0.2, -0.15) is 0 Å². The molecule has 0 aromatic heterocycles. The third kappa shape index (κ3) is 3.28. The van der Waals surface area contributed by atoms with Crippen molar-refractivity contribution in [1.29, 1.82) is 0 Å². The molecule has 1 atom stereocenters. The lowest BCUT2D eigenvalue weighted by molar-refractivity contribution is 0.200. The topological polar surface area (TPSA) is 15.3 Å². The van der Waals surface area contributed by atoms with Crippen LogP contribution < -0.4 is 5.32 Å². The zero-order valence-corrected chi connectivity index (χ0v) is 9.34. The van der Waals surface area contributed by atoms with Crippen molar-refractivity contribution >= 4 is 0 Å². The molecule has 0 spiro atoms. The molecule has 2 heteroatoms. The van der Waals surface area contributed by atoms with Gasteiger partial charge in [0.25, 0.3) is 0 Å². The van der Waals surface area contributed by atoms with Crippen LogP contribution >= 0.6 is 0 Å². The summed E-state index contributed by atoms with van der Waals surface area (Å²) in [5.74, 6) is 0. The summed E-state index contributed by atoms with van der Waals surface area (Å²) >= 11 is 0. The van der Waals surface area contributed by atoms with Gasteiger partial charge in [0.05, 0.1) is 0 Å². The van der Waals surface area contributed by atoms with Crippen LogP contribution in [0, 0.1) is 0 Å². The summed E-state index contributed by atoms with van der Waals surface area (Å²) in [6, 6.07) is 1.52. The average molecular weight is 184 g/mol. The molecule has 0 amide bonds. The smallest absolute Gasteiger partial charge is 0.0223 e. The van der Waals surface area contributed by atoms with Gasteiger partial charge in [0.1, 0.15) is 0 Å². The van der Waals surface area contributed by atoms with E-state index in [9.17, 15) is 0 Å². The molecular formula is C11H24N2. The summed E-state index contributed by atoms with van der Waals surface area (Å²) in [7, 11) is 0. The summed E-state index contributed by atoms with van der Waals surface area (Å²) in [4.78, 5) is 2.63. The molecule has 0 aromatic carbocycles. The van der Waals surface area contributed by atoms with Gasteiger partial charge in [-0.1, -0.05) is 6.92 Å². The predicted molar refractivity (Wildman–Crippen MR) is 58.0 cm³/mol. The Bertz CT molecular complexity index is 134. The van der Waals surface area contributed by atoms with E-state index >= 15 is 0 Å². The van der Waals surface area contributed by atoms with E-state index in [1.165, 1.54) is 38.9 Å². The fourth-order valence-corrected chi connectivity index (χ4v) is 2.20. The van der Waals surface area contributed by atoms with Crippen LogP contribution in [0.5, 0.6) is 0 Å². The van der Waals surface area contributed by atoms with Gasteiger partial charge in [0.15, 0.2) is 0 Å². The van der Waals surface area contributed by atoms with E-state index in [-0.39, 0.29) is 0 Å². The number of hydrogen-bond acceptors (Lipinski definition) is 2. The second-order valence-corrected chi connectivity index (χ2v) is 4.33. The van der Waals surface area contributed by atoms with Crippen molar-refractivity contribution in [3.05, 3.63) is 0 Å². The SMILES string of the molecule is CCCNC[C@@H]1CCCN1C(C)C. The Morgan fingerprint density at radius 1 is 1.46 bits per heavy atom. The van der Waals surface area contributed by atoms with Gasteiger partial charge in [-0.05, 0) is 46.2 Å². The maximum atomic E-state index is 3.52. The molecule has 13 heavy (non-hydrogen) atoms. The molecule has 2 nitrogen and oxygen atoms in total. The second kappa shape index (κ2) is 5.61. The van der Waals surface area contributed by atoms with Crippen molar-refractivity contribution < 1.29 is 0 Å². The fraction of sp³-hybridized carbons (Fsp3) is 1.00. The molecule has 1 heterocycles. The van der Waals surface area contributed by atoms with E-state index in [2.05, 4.69) is 31.0 Å². The first-order valence-electron chi connectivity index (χ1n) is 5.72. The van der Waals surface area contributed by atoms with Gasteiger partial charge in [-0.25, -0.2) is 0 Å². The number of nitrogens with zero attached hydrogens (tertiary/aromatic N) is 1. The first-order chi connectivity index (χ1) is 6.25. The van der Waals surface area contributed by atoms with Gasteiger partial charge < -0.3 is 5.32 Å². The molecular weight excluding hydrogens is 160 g/mol. The van der Waals surface area contributed by atoms with Crippen LogP contribution in [-0.4, -0.2) is 36.6 Å². The van der Waals surface area contributed by atoms with Crippen LogP contribution in [0.4, 0.5) is 0 Å². The number of hydrogen-bond donors (Lipinski definition) is 1. The second-order valence-electron chi connectivity index (χ2n) is 4.33. The zero-order chi connectivity index (χ0) is 9.68. The standard InChI is InChI=1S/C11H24N2/c1-4-7-12-9-11-6-5-8-13(11)10(2)3/h10-12H,4-9H2,1-3H3/t11-/m0/s1. The zero-order valence-electron chi connectivity index (χ0n) is 9.34. The first-order valence-corrected chi connectivity index (χ1v) is 5.72.